The summed E-state index contributed by atoms with van der Waals surface area (Å²) < 4.78 is 14.3. The van der Waals surface area contributed by atoms with E-state index >= 15 is 0 Å². The molecule has 166 valence electrons. The molecule has 0 bridgehead atoms. The first-order chi connectivity index (χ1) is 16.7. The van der Waals surface area contributed by atoms with Gasteiger partial charge in [0.2, 0.25) is 0 Å². The third kappa shape index (κ3) is 2.64. The summed E-state index contributed by atoms with van der Waals surface area (Å²) in [5.41, 5.74) is 4.75. The molecule has 1 aliphatic heterocycles. The van der Waals surface area contributed by atoms with Crippen LogP contribution in [0.3, 0.4) is 0 Å². The zero-order chi connectivity index (χ0) is 22.8. The highest BCUT2D eigenvalue weighted by molar-refractivity contribution is 6.09. The van der Waals surface area contributed by atoms with E-state index in [9.17, 15) is 4.79 Å². The number of fused-ring (bicyclic) bond motifs is 8. The van der Waals surface area contributed by atoms with Crippen LogP contribution in [0.2, 0.25) is 0 Å². The normalized spacial score (nSPS) is 13.6. The van der Waals surface area contributed by atoms with Crippen molar-refractivity contribution in [2.75, 3.05) is 11.6 Å². The summed E-state index contributed by atoms with van der Waals surface area (Å²) >= 11 is 0. The molecule has 3 heterocycles. The fourth-order valence-corrected chi connectivity index (χ4v) is 5.40. The van der Waals surface area contributed by atoms with Crippen molar-refractivity contribution in [1.82, 2.24) is 4.57 Å². The molecule has 5 heteroatoms. The van der Waals surface area contributed by atoms with Gasteiger partial charge in [-0.1, -0.05) is 36.4 Å². The summed E-state index contributed by atoms with van der Waals surface area (Å²) in [6, 6.07) is 26.7. The molecule has 0 N–H and O–H groups in total. The molecular formula is C29H22N2O3. The van der Waals surface area contributed by atoms with E-state index < -0.39 is 0 Å². The van der Waals surface area contributed by atoms with Gasteiger partial charge in [0.15, 0.2) is 6.73 Å². The summed E-state index contributed by atoms with van der Waals surface area (Å²) in [6.07, 6.45) is 0. The van der Waals surface area contributed by atoms with Gasteiger partial charge in [-0.3, -0.25) is 0 Å². The molecule has 1 aliphatic rings. The molecule has 4 aromatic carbocycles. The van der Waals surface area contributed by atoms with Gasteiger partial charge < -0.3 is 18.6 Å². The van der Waals surface area contributed by atoms with E-state index in [-0.39, 0.29) is 5.63 Å². The van der Waals surface area contributed by atoms with E-state index in [1.54, 1.807) is 0 Å². The van der Waals surface area contributed by atoms with Crippen molar-refractivity contribution in [1.29, 1.82) is 0 Å². The van der Waals surface area contributed by atoms with E-state index in [0.29, 0.717) is 24.2 Å². The van der Waals surface area contributed by atoms with Crippen molar-refractivity contribution in [2.45, 2.75) is 20.0 Å². The minimum atomic E-state index is -0.317. The first-order valence-corrected chi connectivity index (χ1v) is 11.6. The Labute approximate surface area is 195 Å². The zero-order valence-electron chi connectivity index (χ0n) is 18.7. The summed E-state index contributed by atoms with van der Waals surface area (Å²) in [5.74, 6) is 0.769. The third-order valence-corrected chi connectivity index (χ3v) is 7.01. The van der Waals surface area contributed by atoms with Crippen LogP contribution in [0.5, 0.6) is 5.75 Å². The Bertz CT molecular complexity index is 1810. The molecule has 0 aliphatic carbocycles. The second-order valence-corrected chi connectivity index (χ2v) is 8.79. The van der Waals surface area contributed by atoms with Gasteiger partial charge in [0.1, 0.15) is 11.3 Å². The van der Waals surface area contributed by atoms with Crippen molar-refractivity contribution in [3.63, 3.8) is 0 Å². The maximum Gasteiger partial charge on any atom is 0.344 e. The molecule has 0 atom stereocenters. The highest BCUT2D eigenvalue weighted by Gasteiger charge is 2.23. The molecule has 0 spiro atoms. The summed E-state index contributed by atoms with van der Waals surface area (Å²) in [5, 5.41) is 4.92. The van der Waals surface area contributed by atoms with Crippen molar-refractivity contribution in [3.8, 4) is 5.75 Å². The fraction of sp³-hybridized carbons (Fsp3) is 0.138. The topological polar surface area (TPSA) is 47.6 Å². The second-order valence-electron chi connectivity index (χ2n) is 8.79. The van der Waals surface area contributed by atoms with Crippen LogP contribution in [0.25, 0.3) is 43.5 Å². The lowest BCUT2D eigenvalue weighted by Crippen LogP contribution is -2.32. The first kappa shape index (κ1) is 19.2. The van der Waals surface area contributed by atoms with Crippen molar-refractivity contribution < 1.29 is 9.15 Å². The molecule has 5 nitrogen and oxygen atoms in total. The number of aromatic nitrogens is 1. The summed E-state index contributed by atoms with van der Waals surface area (Å²) in [4.78, 5) is 14.9. The quantitative estimate of drug-likeness (QED) is 0.227. The number of ether oxygens (including phenoxy) is 1. The van der Waals surface area contributed by atoms with Crippen molar-refractivity contribution >= 4 is 49.2 Å². The average Bonchev–Trinajstić information content (AvgIpc) is 3.21. The highest BCUT2D eigenvalue weighted by atomic mass is 16.5. The molecular weight excluding hydrogens is 424 g/mol. The van der Waals surface area contributed by atoms with Gasteiger partial charge in [0.05, 0.1) is 17.5 Å². The number of anilines is 1. The van der Waals surface area contributed by atoms with E-state index in [0.717, 1.165) is 34.3 Å². The lowest BCUT2D eigenvalue weighted by molar-refractivity contribution is 0.289. The lowest BCUT2D eigenvalue weighted by atomic mass is 10.0. The Hall–Kier alpha value is -4.25. The van der Waals surface area contributed by atoms with Crippen molar-refractivity contribution in [3.05, 3.63) is 94.8 Å². The molecule has 0 saturated heterocycles. The number of hydrogen-bond donors (Lipinski definition) is 0. The van der Waals surface area contributed by atoms with Crippen LogP contribution in [0.4, 0.5) is 5.69 Å². The minimum Gasteiger partial charge on any atom is -0.473 e. The smallest absolute Gasteiger partial charge is 0.344 e. The molecule has 7 rings (SSSR count). The summed E-state index contributed by atoms with van der Waals surface area (Å²) in [7, 11) is 0. The predicted octanol–water partition coefficient (Wildman–Crippen LogP) is 6.43. The Kier molecular flexibility index (Phi) is 4.03. The van der Waals surface area contributed by atoms with Crippen LogP contribution in [-0.4, -0.2) is 11.3 Å². The summed E-state index contributed by atoms with van der Waals surface area (Å²) in [6.45, 7) is 4.14. The maximum absolute atomic E-state index is 12.7. The molecule has 0 unspecified atom stereocenters. The van der Waals surface area contributed by atoms with Crippen LogP contribution in [0.1, 0.15) is 12.5 Å². The van der Waals surface area contributed by atoms with E-state index in [1.165, 1.54) is 21.8 Å². The number of benzene rings is 4. The molecule has 0 radical (unpaired) electrons. The molecule has 2 aromatic heterocycles. The largest absolute Gasteiger partial charge is 0.473 e. The number of hydrogen-bond acceptors (Lipinski definition) is 4. The van der Waals surface area contributed by atoms with Gasteiger partial charge in [-0.25, -0.2) is 4.79 Å². The molecule has 0 amide bonds. The zero-order valence-corrected chi connectivity index (χ0v) is 18.7. The SMILES string of the molecule is CCn1c2ccccc2c2cc(N3COc4ccc5c(oc(=O)c6ccccc65)c4C3)ccc21. The van der Waals surface area contributed by atoms with Crippen LogP contribution >= 0.6 is 0 Å². The Balaban J connectivity index is 1.38. The van der Waals surface area contributed by atoms with E-state index in [2.05, 4.69) is 58.9 Å². The molecule has 34 heavy (non-hydrogen) atoms. The van der Waals surface area contributed by atoms with E-state index in [4.69, 9.17) is 9.15 Å². The lowest BCUT2D eigenvalue weighted by Gasteiger charge is -2.31. The number of aryl methyl sites for hydroxylation is 1. The number of para-hydroxylation sites is 1. The number of nitrogens with zero attached hydrogens (tertiary/aromatic N) is 2. The van der Waals surface area contributed by atoms with Crippen molar-refractivity contribution in [2.24, 2.45) is 0 Å². The maximum atomic E-state index is 12.7. The molecule has 0 fully saturated rings. The van der Waals surface area contributed by atoms with Crippen LogP contribution in [0.15, 0.2) is 88.1 Å². The highest BCUT2D eigenvalue weighted by Crippen LogP contribution is 2.37. The third-order valence-electron chi connectivity index (χ3n) is 7.01. The second kappa shape index (κ2) is 7.12. The van der Waals surface area contributed by atoms with Gasteiger partial charge >= 0.3 is 5.63 Å². The Morgan fingerprint density at radius 2 is 1.56 bits per heavy atom. The standard InChI is InChI=1S/C29H22N2O3/c1-2-31-25-10-6-5-8-20(25)23-15-18(11-13-26(23)31)30-16-24-27(33-17-30)14-12-21-19-7-3-4-9-22(19)29(32)34-28(21)24/h3-15H,2,16-17H2,1H3. The monoisotopic (exact) mass is 446 g/mol. The first-order valence-electron chi connectivity index (χ1n) is 11.6. The van der Waals surface area contributed by atoms with Crippen LogP contribution in [0, 0.1) is 0 Å². The average molecular weight is 447 g/mol. The molecule has 0 saturated carbocycles. The van der Waals surface area contributed by atoms with Gasteiger partial charge in [-0.05, 0) is 54.8 Å². The molecule has 6 aromatic rings. The minimum absolute atomic E-state index is 0.317. The van der Waals surface area contributed by atoms with Gasteiger partial charge in [0.25, 0.3) is 0 Å². The van der Waals surface area contributed by atoms with E-state index in [1.807, 2.05) is 36.4 Å². The number of rotatable bonds is 2. The predicted molar refractivity (Wildman–Crippen MR) is 137 cm³/mol. The van der Waals surface area contributed by atoms with Crippen LogP contribution < -0.4 is 15.3 Å². The van der Waals surface area contributed by atoms with Crippen LogP contribution in [-0.2, 0) is 13.1 Å². The Morgan fingerprint density at radius 3 is 2.41 bits per heavy atom. The van der Waals surface area contributed by atoms with Gasteiger partial charge in [0, 0.05) is 39.4 Å². The Morgan fingerprint density at radius 1 is 0.794 bits per heavy atom. The fourth-order valence-electron chi connectivity index (χ4n) is 5.40. The van der Waals surface area contributed by atoms with Gasteiger partial charge in [-0.15, -0.1) is 0 Å². The van der Waals surface area contributed by atoms with Gasteiger partial charge in [-0.2, -0.15) is 0 Å².